The number of hydrogen-bond acceptors (Lipinski definition) is 3. The van der Waals surface area contributed by atoms with Crippen LogP contribution in [0, 0.1) is 13.8 Å². The lowest BCUT2D eigenvalue weighted by Gasteiger charge is -2.19. The SMILES string of the molecule is COCCCNC(=O)C(C)Nn1c(C)ccc1C. The molecule has 1 heterocycles. The number of nitrogens with zero attached hydrogens (tertiary/aromatic N) is 1. The molecule has 5 nitrogen and oxygen atoms in total. The number of carbonyl (C=O) groups is 1. The van der Waals surface area contributed by atoms with Crippen molar-refractivity contribution in [3.63, 3.8) is 0 Å². The Hall–Kier alpha value is -1.49. The van der Waals surface area contributed by atoms with Crippen LogP contribution in [0.25, 0.3) is 0 Å². The van der Waals surface area contributed by atoms with Gasteiger partial charge < -0.3 is 15.5 Å². The van der Waals surface area contributed by atoms with E-state index >= 15 is 0 Å². The quantitative estimate of drug-likeness (QED) is 0.718. The summed E-state index contributed by atoms with van der Waals surface area (Å²) >= 11 is 0. The molecule has 0 aliphatic heterocycles. The van der Waals surface area contributed by atoms with E-state index in [0.717, 1.165) is 17.8 Å². The molecule has 0 spiro atoms. The Bertz CT molecular complexity index is 368. The van der Waals surface area contributed by atoms with E-state index in [0.29, 0.717) is 13.2 Å². The Morgan fingerprint density at radius 3 is 2.56 bits per heavy atom. The van der Waals surface area contributed by atoms with Gasteiger partial charge in [-0.2, -0.15) is 0 Å². The number of rotatable bonds is 7. The first-order valence-corrected chi connectivity index (χ1v) is 6.24. The first-order chi connectivity index (χ1) is 8.56. The van der Waals surface area contributed by atoms with Gasteiger partial charge in [0.05, 0.1) is 0 Å². The summed E-state index contributed by atoms with van der Waals surface area (Å²) < 4.78 is 6.86. The lowest BCUT2D eigenvalue weighted by atomic mass is 10.3. The van der Waals surface area contributed by atoms with Gasteiger partial charge in [0.1, 0.15) is 6.04 Å². The van der Waals surface area contributed by atoms with Crippen LogP contribution in [0.4, 0.5) is 0 Å². The highest BCUT2D eigenvalue weighted by Crippen LogP contribution is 2.05. The van der Waals surface area contributed by atoms with Crippen LogP contribution in [0.1, 0.15) is 24.7 Å². The summed E-state index contributed by atoms with van der Waals surface area (Å²) in [7, 11) is 1.66. The van der Waals surface area contributed by atoms with E-state index in [4.69, 9.17) is 4.74 Å². The zero-order valence-corrected chi connectivity index (χ0v) is 11.6. The molecule has 0 radical (unpaired) electrons. The molecule has 0 bridgehead atoms. The van der Waals surface area contributed by atoms with E-state index in [1.807, 2.05) is 37.6 Å². The largest absolute Gasteiger partial charge is 0.385 e. The van der Waals surface area contributed by atoms with E-state index in [-0.39, 0.29) is 11.9 Å². The summed E-state index contributed by atoms with van der Waals surface area (Å²) in [6.45, 7) is 7.16. The van der Waals surface area contributed by atoms with Gasteiger partial charge >= 0.3 is 0 Å². The van der Waals surface area contributed by atoms with Crippen molar-refractivity contribution >= 4 is 5.91 Å². The fraction of sp³-hybridized carbons (Fsp3) is 0.615. The third-order valence-corrected chi connectivity index (χ3v) is 2.81. The molecule has 102 valence electrons. The van der Waals surface area contributed by atoms with Crippen LogP contribution < -0.4 is 10.7 Å². The number of aryl methyl sites for hydroxylation is 2. The van der Waals surface area contributed by atoms with Gasteiger partial charge in [-0.05, 0) is 39.3 Å². The molecule has 0 aliphatic rings. The standard InChI is InChI=1S/C13H23N3O2/c1-10-6-7-11(2)16(10)15-12(3)13(17)14-8-5-9-18-4/h6-7,12,15H,5,8-9H2,1-4H3,(H,14,17). The molecule has 1 aromatic heterocycles. The van der Waals surface area contributed by atoms with Gasteiger partial charge in [-0.1, -0.05) is 0 Å². The summed E-state index contributed by atoms with van der Waals surface area (Å²) in [4.78, 5) is 11.8. The number of nitrogens with one attached hydrogen (secondary N) is 2. The van der Waals surface area contributed by atoms with E-state index < -0.39 is 0 Å². The molecule has 0 fully saturated rings. The molecule has 0 aromatic carbocycles. The summed E-state index contributed by atoms with van der Waals surface area (Å²) in [5, 5.41) is 2.87. The van der Waals surface area contributed by atoms with Crippen LogP contribution in [0.2, 0.25) is 0 Å². The molecule has 1 rings (SSSR count). The highest BCUT2D eigenvalue weighted by Gasteiger charge is 2.13. The molecular weight excluding hydrogens is 230 g/mol. The zero-order chi connectivity index (χ0) is 13.5. The van der Waals surface area contributed by atoms with E-state index in [9.17, 15) is 4.79 Å². The molecule has 0 saturated heterocycles. The number of ether oxygens (including phenoxy) is 1. The monoisotopic (exact) mass is 253 g/mol. The Kier molecular flexibility index (Phi) is 5.71. The van der Waals surface area contributed by atoms with Crippen LogP contribution in [0.5, 0.6) is 0 Å². The van der Waals surface area contributed by atoms with Crippen molar-refractivity contribution in [1.29, 1.82) is 0 Å². The summed E-state index contributed by atoms with van der Waals surface area (Å²) in [5.74, 6) is -0.00129. The Balaban J connectivity index is 2.40. The van der Waals surface area contributed by atoms with Crippen LogP contribution in [0.3, 0.4) is 0 Å². The minimum atomic E-state index is -0.266. The van der Waals surface area contributed by atoms with Gasteiger partial charge in [0, 0.05) is 31.6 Å². The minimum absolute atomic E-state index is 0.00129. The fourth-order valence-corrected chi connectivity index (χ4v) is 1.71. The van der Waals surface area contributed by atoms with Crippen LogP contribution in [-0.2, 0) is 9.53 Å². The van der Waals surface area contributed by atoms with Crippen molar-refractivity contribution in [2.45, 2.75) is 33.2 Å². The molecule has 1 unspecified atom stereocenters. The second kappa shape index (κ2) is 7.06. The maximum atomic E-state index is 11.8. The van der Waals surface area contributed by atoms with Crippen LogP contribution >= 0.6 is 0 Å². The van der Waals surface area contributed by atoms with Gasteiger partial charge in [0.15, 0.2) is 0 Å². The number of carbonyl (C=O) groups excluding carboxylic acids is 1. The normalized spacial score (nSPS) is 12.2. The van der Waals surface area contributed by atoms with Gasteiger partial charge in [-0.3, -0.25) is 9.47 Å². The third-order valence-electron chi connectivity index (χ3n) is 2.81. The molecule has 1 amide bonds. The van der Waals surface area contributed by atoms with Crippen molar-refractivity contribution in [2.24, 2.45) is 0 Å². The van der Waals surface area contributed by atoms with Crippen molar-refractivity contribution in [2.75, 3.05) is 25.7 Å². The fourth-order valence-electron chi connectivity index (χ4n) is 1.71. The zero-order valence-electron chi connectivity index (χ0n) is 11.6. The second-order valence-corrected chi connectivity index (χ2v) is 4.44. The lowest BCUT2D eigenvalue weighted by molar-refractivity contribution is -0.121. The third kappa shape index (κ3) is 4.07. The summed E-state index contributed by atoms with van der Waals surface area (Å²) in [6.07, 6.45) is 0.830. The molecule has 0 aliphatic carbocycles. The maximum Gasteiger partial charge on any atom is 0.243 e. The lowest BCUT2D eigenvalue weighted by Crippen LogP contribution is -2.41. The van der Waals surface area contributed by atoms with Crippen molar-refractivity contribution < 1.29 is 9.53 Å². The molecule has 18 heavy (non-hydrogen) atoms. The van der Waals surface area contributed by atoms with Gasteiger partial charge in [-0.25, -0.2) is 0 Å². The minimum Gasteiger partial charge on any atom is -0.385 e. The smallest absolute Gasteiger partial charge is 0.243 e. The van der Waals surface area contributed by atoms with E-state index in [2.05, 4.69) is 10.7 Å². The maximum absolute atomic E-state index is 11.8. The molecular formula is C13H23N3O2. The van der Waals surface area contributed by atoms with E-state index in [1.165, 1.54) is 0 Å². The highest BCUT2D eigenvalue weighted by atomic mass is 16.5. The van der Waals surface area contributed by atoms with Crippen molar-refractivity contribution in [3.8, 4) is 0 Å². The predicted molar refractivity (Wildman–Crippen MR) is 72.2 cm³/mol. The molecule has 1 aromatic rings. The second-order valence-electron chi connectivity index (χ2n) is 4.44. The van der Waals surface area contributed by atoms with Crippen LogP contribution in [-0.4, -0.2) is 36.9 Å². The van der Waals surface area contributed by atoms with Gasteiger partial charge in [0.2, 0.25) is 5.91 Å². The highest BCUT2D eigenvalue weighted by molar-refractivity contribution is 5.82. The average Bonchev–Trinajstić information content (AvgIpc) is 2.66. The topological polar surface area (TPSA) is 55.3 Å². The number of methoxy groups -OCH3 is 1. The van der Waals surface area contributed by atoms with Crippen molar-refractivity contribution in [3.05, 3.63) is 23.5 Å². The number of aromatic nitrogens is 1. The summed E-state index contributed by atoms with van der Waals surface area (Å²) in [5.41, 5.74) is 5.35. The first kappa shape index (κ1) is 14.6. The van der Waals surface area contributed by atoms with Gasteiger partial charge in [0.25, 0.3) is 0 Å². The number of amides is 1. The Morgan fingerprint density at radius 2 is 2.00 bits per heavy atom. The average molecular weight is 253 g/mol. The molecule has 5 heteroatoms. The molecule has 0 saturated carbocycles. The predicted octanol–water partition coefficient (Wildman–Crippen LogP) is 1.19. The van der Waals surface area contributed by atoms with Crippen molar-refractivity contribution in [1.82, 2.24) is 9.99 Å². The molecule has 2 N–H and O–H groups in total. The summed E-state index contributed by atoms with van der Waals surface area (Å²) in [6, 6.07) is 3.77. The van der Waals surface area contributed by atoms with Gasteiger partial charge in [-0.15, -0.1) is 0 Å². The number of hydrogen-bond donors (Lipinski definition) is 2. The Morgan fingerprint density at radius 1 is 1.39 bits per heavy atom. The first-order valence-electron chi connectivity index (χ1n) is 6.24. The van der Waals surface area contributed by atoms with Crippen LogP contribution in [0.15, 0.2) is 12.1 Å². The molecule has 1 atom stereocenters. The van der Waals surface area contributed by atoms with E-state index in [1.54, 1.807) is 7.11 Å². The Labute approximate surface area is 108 Å².